The summed E-state index contributed by atoms with van der Waals surface area (Å²) in [4.78, 5) is 32.6. The molecule has 0 bridgehead atoms. The van der Waals surface area contributed by atoms with Crippen LogP contribution in [0.25, 0.3) is 0 Å². The molecule has 1 aromatic rings. The maximum Gasteiger partial charge on any atom is 0.379 e. The first-order valence-electron chi connectivity index (χ1n) is 5.15. The third kappa shape index (κ3) is 3.03. The van der Waals surface area contributed by atoms with Gasteiger partial charge in [0.15, 0.2) is 5.75 Å². The summed E-state index contributed by atoms with van der Waals surface area (Å²) in [5.74, 6) is -4.01. The summed E-state index contributed by atoms with van der Waals surface area (Å²) in [5.41, 5.74) is -1.34. The number of hydrogen-bond donors (Lipinski definition) is 0. The molecule has 0 saturated carbocycles. The molecule has 8 heteroatoms. The van der Waals surface area contributed by atoms with Crippen LogP contribution in [-0.4, -0.2) is 30.4 Å². The van der Waals surface area contributed by atoms with Crippen LogP contribution < -0.4 is 4.74 Å². The molecule has 0 aliphatic rings. The molecule has 0 N–H and O–H groups in total. The minimum Gasteiger partial charge on any atom is -0.490 e. The minimum atomic E-state index is -1.29. The number of carbonyl (C=O) groups is 2. The van der Waals surface area contributed by atoms with Crippen molar-refractivity contribution in [1.29, 1.82) is 0 Å². The third-order valence-corrected chi connectivity index (χ3v) is 2.17. The van der Waals surface area contributed by atoms with Gasteiger partial charge in [0.1, 0.15) is 5.82 Å². The highest BCUT2D eigenvalue weighted by molar-refractivity contribution is 6.40. The maximum absolute atomic E-state index is 13.6. The van der Waals surface area contributed by atoms with Crippen molar-refractivity contribution in [2.45, 2.75) is 6.92 Å². The van der Waals surface area contributed by atoms with Gasteiger partial charge in [-0.25, -0.2) is 9.18 Å². The highest BCUT2D eigenvalue weighted by atomic mass is 19.1. The predicted octanol–water partition coefficient (Wildman–Crippen LogP) is 1.49. The summed E-state index contributed by atoms with van der Waals surface area (Å²) < 4.78 is 22.6. The summed E-state index contributed by atoms with van der Waals surface area (Å²) in [7, 11) is 1.12. The van der Waals surface area contributed by atoms with Crippen LogP contribution >= 0.6 is 0 Å². The summed E-state index contributed by atoms with van der Waals surface area (Å²) in [5, 5.41) is 10.7. The maximum atomic E-state index is 13.6. The Labute approximate surface area is 107 Å². The number of ether oxygens (including phenoxy) is 2. The van der Waals surface area contributed by atoms with E-state index >= 15 is 0 Å². The van der Waals surface area contributed by atoms with Crippen LogP contribution in [-0.2, 0) is 9.53 Å². The Morgan fingerprint density at radius 3 is 2.53 bits per heavy atom. The van der Waals surface area contributed by atoms with Gasteiger partial charge in [-0.3, -0.25) is 14.9 Å². The van der Waals surface area contributed by atoms with E-state index in [1.54, 1.807) is 0 Å². The molecule has 0 fully saturated rings. The standard InChI is InChI=1S/C11H10FNO6/c1-3-19-11(15)10(14)6-4-8(13(16)17)9(18-2)5-7(6)12/h4-5H,3H2,1-2H3. The molecule has 0 radical (unpaired) electrons. The van der Waals surface area contributed by atoms with Gasteiger partial charge in [0.05, 0.1) is 24.2 Å². The summed E-state index contributed by atoms with van der Waals surface area (Å²) in [6.07, 6.45) is 0. The molecule has 0 aliphatic heterocycles. The smallest absolute Gasteiger partial charge is 0.379 e. The minimum absolute atomic E-state index is 0.0650. The average molecular weight is 271 g/mol. The summed E-state index contributed by atoms with van der Waals surface area (Å²) in [6.45, 7) is 1.41. The number of esters is 1. The van der Waals surface area contributed by atoms with Crippen molar-refractivity contribution in [3.8, 4) is 5.75 Å². The molecule has 1 aromatic carbocycles. The molecule has 0 heterocycles. The van der Waals surface area contributed by atoms with E-state index in [0.29, 0.717) is 12.1 Å². The van der Waals surface area contributed by atoms with Crippen molar-refractivity contribution in [2.24, 2.45) is 0 Å². The van der Waals surface area contributed by atoms with Gasteiger partial charge in [-0.1, -0.05) is 0 Å². The highest BCUT2D eigenvalue weighted by Crippen LogP contribution is 2.30. The Bertz CT molecular complexity index is 542. The number of nitrogens with zero attached hydrogens (tertiary/aromatic N) is 1. The molecule has 0 aromatic heterocycles. The molecule has 0 aliphatic carbocycles. The number of Topliss-reactive ketones (excluding diaryl/α,β-unsaturated/α-hetero) is 1. The Hall–Kier alpha value is -2.51. The molecule has 102 valence electrons. The lowest BCUT2D eigenvalue weighted by molar-refractivity contribution is -0.385. The average Bonchev–Trinajstić information content (AvgIpc) is 2.37. The van der Waals surface area contributed by atoms with E-state index in [1.807, 2.05) is 0 Å². The second kappa shape index (κ2) is 5.89. The SMILES string of the molecule is CCOC(=O)C(=O)c1cc([N+](=O)[O-])c(OC)cc1F. The van der Waals surface area contributed by atoms with Crippen molar-refractivity contribution >= 4 is 17.4 Å². The molecule has 19 heavy (non-hydrogen) atoms. The van der Waals surface area contributed by atoms with Gasteiger partial charge in [-0.05, 0) is 6.92 Å². The first-order valence-corrected chi connectivity index (χ1v) is 5.15. The van der Waals surface area contributed by atoms with Gasteiger partial charge in [0, 0.05) is 12.1 Å². The van der Waals surface area contributed by atoms with Gasteiger partial charge < -0.3 is 9.47 Å². The molecule has 1 rings (SSSR count). The number of rotatable bonds is 5. The molecule has 0 amide bonds. The molecular formula is C11H10FNO6. The molecule has 7 nitrogen and oxygen atoms in total. The van der Waals surface area contributed by atoms with Crippen LogP contribution in [0.2, 0.25) is 0 Å². The van der Waals surface area contributed by atoms with Gasteiger partial charge in [-0.15, -0.1) is 0 Å². The number of ketones is 1. The third-order valence-electron chi connectivity index (χ3n) is 2.17. The van der Waals surface area contributed by atoms with E-state index < -0.39 is 33.7 Å². The Morgan fingerprint density at radius 1 is 1.42 bits per heavy atom. The summed E-state index contributed by atoms with van der Waals surface area (Å²) >= 11 is 0. The number of carbonyl (C=O) groups excluding carboxylic acids is 2. The fourth-order valence-corrected chi connectivity index (χ4v) is 1.33. The molecule has 0 spiro atoms. The van der Waals surface area contributed by atoms with Crippen molar-refractivity contribution < 1.29 is 28.4 Å². The van der Waals surface area contributed by atoms with E-state index in [1.165, 1.54) is 6.92 Å². The second-order valence-electron chi connectivity index (χ2n) is 3.31. The number of methoxy groups -OCH3 is 1. The zero-order chi connectivity index (χ0) is 14.6. The monoisotopic (exact) mass is 271 g/mol. The van der Waals surface area contributed by atoms with Crippen molar-refractivity contribution in [3.05, 3.63) is 33.6 Å². The first kappa shape index (κ1) is 14.6. The fraction of sp³-hybridized carbons (Fsp3) is 0.273. The number of benzene rings is 1. The zero-order valence-electron chi connectivity index (χ0n) is 10.1. The Kier molecular flexibility index (Phi) is 4.51. The molecule has 0 atom stereocenters. The lowest BCUT2D eigenvalue weighted by atomic mass is 10.1. The second-order valence-corrected chi connectivity index (χ2v) is 3.31. The molecular weight excluding hydrogens is 261 g/mol. The van der Waals surface area contributed by atoms with Crippen LogP contribution in [0.5, 0.6) is 5.75 Å². The van der Waals surface area contributed by atoms with Crippen molar-refractivity contribution in [1.82, 2.24) is 0 Å². The molecule has 0 saturated heterocycles. The van der Waals surface area contributed by atoms with E-state index in [-0.39, 0.29) is 12.4 Å². The predicted molar refractivity (Wildman–Crippen MR) is 60.6 cm³/mol. The number of halogens is 1. The van der Waals surface area contributed by atoms with E-state index in [4.69, 9.17) is 0 Å². The highest BCUT2D eigenvalue weighted by Gasteiger charge is 2.27. The first-order chi connectivity index (χ1) is 8.92. The number of nitro groups is 1. The summed E-state index contributed by atoms with van der Waals surface area (Å²) in [6, 6.07) is 1.32. The van der Waals surface area contributed by atoms with E-state index in [9.17, 15) is 24.1 Å². The number of hydrogen-bond acceptors (Lipinski definition) is 6. The van der Waals surface area contributed by atoms with Crippen LogP contribution in [0, 0.1) is 15.9 Å². The quantitative estimate of drug-likeness (QED) is 0.264. The Balaban J connectivity index is 3.29. The molecule has 0 unspecified atom stereocenters. The van der Waals surface area contributed by atoms with Crippen LogP contribution in [0.4, 0.5) is 10.1 Å². The largest absolute Gasteiger partial charge is 0.490 e. The normalized spacial score (nSPS) is 9.84. The van der Waals surface area contributed by atoms with Gasteiger partial charge in [-0.2, -0.15) is 0 Å². The van der Waals surface area contributed by atoms with Crippen LogP contribution in [0.3, 0.4) is 0 Å². The lowest BCUT2D eigenvalue weighted by Crippen LogP contribution is -2.19. The van der Waals surface area contributed by atoms with Crippen molar-refractivity contribution in [2.75, 3.05) is 13.7 Å². The van der Waals surface area contributed by atoms with E-state index in [0.717, 1.165) is 7.11 Å². The number of nitro benzene ring substituents is 1. The van der Waals surface area contributed by atoms with Crippen LogP contribution in [0.1, 0.15) is 17.3 Å². The van der Waals surface area contributed by atoms with Gasteiger partial charge >= 0.3 is 11.7 Å². The fourth-order valence-electron chi connectivity index (χ4n) is 1.33. The van der Waals surface area contributed by atoms with Gasteiger partial charge in [0.25, 0.3) is 5.78 Å². The van der Waals surface area contributed by atoms with Crippen LogP contribution in [0.15, 0.2) is 12.1 Å². The topological polar surface area (TPSA) is 95.7 Å². The van der Waals surface area contributed by atoms with Crippen molar-refractivity contribution in [3.63, 3.8) is 0 Å². The van der Waals surface area contributed by atoms with E-state index in [2.05, 4.69) is 9.47 Å². The Morgan fingerprint density at radius 2 is 2.05 bits per heavy atom. The lowest BCUT2D eigenvalue weighted by Gasteiger charge is -2.05. The van der Waals surface area contributed by atoms with Gasteiger partial charge in [0.2, 0.25) is 0 Å². The zero-order valence-corrected chi connectivity index (χ0v) is 10.1.